The predicted octanol–water partition coefficient (Wildman–Crippen LogP) is 3.12. The summed E-state index contributed by atoms with van der Waals surface area (Å²) in [7, 11) is 0. The van der Waals surface area contributed by atoms with Crippen LogP contribution in [0.15, 0.2) is 18.2 Å². The van der Waals surface area contributed by atoms with E-state index in [1.165, 1.54) is 11.5 Å². The van der Waals surface area contributed by atoms with Gasteiger partial charge in [0.1, 0.15) is 11.9 Å². The van der Waals surface area contributed by atoms with Crippen LogP contribution in [0.3, 0.4) is 0 Å². The minimum Gasteiger partial charge on any atom is -0.330 e. The lowest BCUT2D eigenvalue weighted by molar-refractivity contribution is 1.17. The third-order valence-electron chi connectivity index (χ3n) is 1.87. The third-order valence-corrected chi connectivity index (χ3v) is 2.90. The van der Waals surface area contributed by atoms with Crippen molar-refractivity contribution >= 4 is 34.0 Å². The first kappa shape index (κ1) is 10.9. The average Bonchev–Trinajstić information content (AvgIpc) is 2.64. The molecule has 0 saturated carbocycles. The molecule has 0 aliphatic carbocycles. The maximum atomic E-state index is 8.73. The zero-order valence-corrected chi connectivity index (χ0v) is 9.93. The lowest BCUT2D eigenvalue weighted by Gasteiger charge is -2.02. The lowest BCUT2D eigenvalue weighted by atomic mass is 10.2. The van der Waals surface area contributed by atoms with Crippen molar-refractivity contribution in [2.75, 3.05) is 5.32 Å². The largest absolute Gasteiger partial charge is 0.330 e. The molecule has 0 radical (unpaired) electrons. The molecule has 80 valence electrons. The Balaban J connectivity index is 2.23. The summed E-state index contributed by atoms with van der Waals surface area (Å²) in [4.78, 5) is 4.17. The second-order valence-corrected chi connectivity index (χ2v) is 4.24. The molecule has 2 rings (SSSR count). The van der Waals surface area contributed by atoms with Crippen LogP contribution in [-0.2, 0) is 0 Å². The van der Waals surface area contributed by atoms with E-state index in [-0.39, 0.29) is 0 Å². The number of hydrogen-bond acceptors (Lipinski definition) is 5. The summed E-state index contributed by atoms with van der Waals surface area (Å²) in [6, 6.07) is 7.14. The molecule has 0 spiro atoms. The Morgan fingerprint density at radius 3 is 2.88 bits per heavy atom. The molecule has 1 aromatic carbocycles. The predicted molar refractivity (Wildman–Crippen MR) is 64.1 cm³/mol. The molecule has 0 amide bonds. The third kappa shape index (κ3) is 2.30. The average molecular weight is 251 g/mol. The smallest absolute Gasteiger partial charge is 0.207 e. The minimum atomic E-state index is 0.425. The molecule has 16 heavy (non-hydrogen) atoms. The summed E-state index contributed by atoms with van der Waals surface area (Å²) in [6.45, 7) is 1.83. The van der Waals surface area contributed by atoms with E-state index in [0.717, 1.165) is 11.5 Å². The fourth-order valence-corrected chi connectivity index (χ4v) is 1.97. The Morgan fingerprint density at radius 1 is 1.50 bits per heavy atom. The summed E-state index contributed by atoms with van der Waals surface area (Å²) in [5.74, 6) is 0.729. The minimum absolute atomic E-state index is 0.425. The van der Waals surface area contributed by atoms with Gasteiger partial charge in [0.25, 0.3) is 0 Å². The standard InChI is InChI=1S/C10H7ClN4S/c1-6-13-10(16-15-6)14-8-3-2-7(5-12)9(11)4-8/h2-4H,1H3,(H,13,14,15). The van der Waals surface area contributed by atoms with Crippen LogP contribution < -0.4 is 5.32 Å². The fourth-order valence-electron chi connectivity index (χ4n) is 1.15. The molecule has 1 aromatic heterocycles. The van der Waals surface area contributed by atoms with Crippen LogP contribution in [-0.4, -0.2) is 9.36 Å². The van der Waals surface area contributed by atoms with Gasteiger partial charge in [0.2, 0.25) is 5.13 Å². The Kier molecular flexibility index (Phi) is 3.04. The summed E-state index contributed by atoms with van der Waals surface area (Å²) in [6.07, 6.45) is 0. The van der Waals surface area contributed by atoms with E-state index in [2.05, 4.69) is 14.7 Å². The molecule has 0 fully saturated rings. The number of nitriles is 1. The van der Waals surface area contributed by atoms with Crippen LogP contribution in [0, 0.1) is 18.3 Å². The van der Waals surface area contributed by atoms with Gasteiger partial charge in [-0.3, -0.25) is 0 Å². The molecule has 6 heteroatoms. The first-order valence-corrected chi connectivity index (χ1v) is 5.61. The number of anilines is 2. The van der Waals surface area contributed by atoms with Gasteiger partial charge in [-0.2, -0.15) is 9.64 Å². The Morgan fingerprint density at radius 2 is 2.31 bits per heavy atom. The van der Waals surface area contributed by atoms with Crippen molar-refractivity contribution in [1.29, 1.82) is 5.26 Å². The van der Waals surface area contributed by atoms with Crippen LogP contribution >= 0.6 is 23.1 Å². The highest BCUT2D eigenvalue weighted by atomic mass is 35.5. The van der Waals surface area contributed by atoms with Crippen molar-refractivity contribution in [2.45, 2.75) is 6.92 Å². The van der Waals surface area contributed by atoms with Gasteiger partial charge in [0.05, 0.1) is 10.6 Å². The Labute approximate surface area is 102 Å². The Hall–Kier alpha value is -1.64. The normalized spacial score (nSPS) is 9.81. The highest BCUT2D eigenvalue weighted by Crippen LogP contribution is 2.23. The molecule has 2 aromatic rings. The van der Waals surface area contributed by atoms with E-state index in [1.54, 1.807) is 18.2 Å². The monoisotopic (exact) mass is 250 g/mol. The van der Waals surface area contributed by atoms with Gasteiger partial charge in [-0.1, -0.05) is 11.6 Å². The summed E-state index contributed by atoms with van der Waals surface area (Å²) in [5, 5.41) is 12.9. The van der Waals surface area contributed by atoms with Crippen molar-refractivity contribution in [1.82, 2.24) is 9.36 Å². The zero-order chi connectivity index (χ0) is 11.5. The van der Waals surface area contributed by atoms with E-state index >= 15 is 0 Å². The number of aromatic nitrogens is 2. The number of benzene rings is 1. The van der Waals surface area contributed by atoms with Crippen molar-refractivity contribution in [3.63, 3.8) is 0 Å². The highest BCUT2D eigenvalue weighted by molar-refractivity contribution is 7.09. The van der Waals surface area contributed by atoms with E-state index in [1.807, 2.05) is 13.0 Å². The number of nitrogens with one attached hydrogen (secondary N) is 1. The summed E-state index contributed by atoms with van der Waals surface area (Å²) >= 11 is 7.19. The van der Waals surface area contributed by atoms with Crippen molar-refractivity contribution in [3.05, 3.63) is 34.6 Å². The van der Waals surface area contributed by atoms with Crippen LogP contribution in [0.4, 0.5) is 10.8 Å². The van der Waals surface area contributed by atoms with Gasteiger partial charge in [-0.25, -0.2) is 4.98 Å². The van der Waals surface area contributed by atoms with Gasteiger partial charge in [-0.05, 0) is 25.1 Å². The molecule has 0 unspecified atom stereocenters. The molecular formula is C10H7ClN4S. The fraction of sp³-hybridized carbons (Fsp3) is 0.100. The second kappa shape index (κ2) is 4.47. The Bertz CT molecular complexity index is 558. The van der Waals surface area contributed by atoms with Crippen molar-refractivity contribution < 1.29 is 0 Å². The van der Waals surface area contributed by atoms with E-state index in [4.69, 9.17) is 16.9 Å². The molecule has 1 N–H and O–H groups in total. The summed E-state index contributed by atoms with van der Waals surface area (Å²) < 4.78 is 4.05. The van der Waals surface area contributed by atoms with Crippen LogP contribution in [0.2, 0.25) is 5.02 Å². The van der Waals surface area contributed by atoms with Gasteiger partial charge in [-0.15, -0.1) is 0 Å². The molecule has 1 heterocycles. The lowest BCUT2D eigenvalue weighted by Crippen LogP contribution is -1.90. The molecular weight excluding hydrogens is 244 g/mol. The van der Waals surface area contributed by atoms with Crippen LogP contribution in [0.25, 0.3) is 0 Å². The molecule has 0 saturated heterocycles. The number of rotatable bonds is 2. The van der Waals surface area contributed by atoms with Gasteiger partial charge < -0.3 is 5.32 Å². The maximum absolute atomic E-state index is 8.73. The number of nitrogens with zero attached hydrogens (tertiary/aromatic N) is 3. The van der Waals surface area contributed by atoms with Crippen LogP contribution in [0.5, 0.6) is 0 Å². The first-order valence-electron chi connectivity index (χ1n) is 4.46. The first-order chi connectivity index (χ1) is 7.69. The zero-order valence-electron chi connectivity index (χ0n) is 8.36. The van der Waals surface area contributed by atoms with Gasteiger partial charge in [0, 0.05) is 17.2 Å². The number of hydrogen-bond donors (Lipinski definition) is 1. The quantitative estimate of drug-likeness (QED) is 0.890. The molecule has 4 nitrogen and oxygen atoms in total. The molecule has 0 aliphatic heterocycles. The molecule has 0 atom stereocenters. The van der Waals surface area contributed by atoms with Gasteiger partial charge >= 0.3 is 0 Å². The highest BCUT2D eigenvalue weighted by Gasteiger charge is 2.03. The van der Waals surface area contributed by atoms with E-state index < -0.39 is 0 Å². The number of halogens is 1. The van der Waals surface area contributed by atoms with Crippen molar-refractivity contribution in [2.24, 2.45) is 0 Å². The van der Waals surface area contributed by atoms with E-state index in [9.17, 15) is 0 Å². The van der Waals surface area contributed by atoms with Crippen molar-refractivity contribution in [3.8, 4) is 6.07 Å². The van der Waals surface area contributed by atoms with E-state index in [0.29, 0.717) is 15.7 Å². The number of aryl methyl sites for hydroxylation is 1. The summed E-state index contributed by atoms with van der Waals surface area (Å²) in [5.41, 5.74) is 1.25. The topological polar surface area (TPSA) is 61.6 Å². The van der Waals surface area contributed by atoms with Crippen LogP contribution in [0.1, 0.15) is 11.4 Å². The van der Waals surface area contributed by atoms with Gasteiger partial charge in [0.15, 0.2) is 0 Å². The molecule has 0 bridgehead atoms. The molecule has 0 aliphatic rings. The maximum Gasteiger partial charge on any atom is 0.207 e. The SMILES string of the molecule is Cc1nsc(Nc2ccc(C#N)c(Cl)c2)n1. The second-order valence-electron chi connectivity index (χ2n) is 3.08.